The molecule has 2 unspecified atom stereocenters. The van der Waals surface area contributed by atoms with Crippen molar-refractivity contribution in [1.29, 1.82) is 0 Å². The maximum Gasteiger partial charge on any atom is 0.222 e. The van der Waals surface area contributed by atoms with E-state index in [0.29, 0.717) is 11.3 Å². The van der Waals surface area contributed by atoms with Crippen LogP contribution in [0.1, 0.15) is 26.2 Å². The van der Waals surface area contributed by atoms with E-state index in [1.807, 2.05) is 0 Å². The molecule has 3 N–H and O–H groups in total. The average molecular weight is 296 g/mol. The lowest BCUT2D eigenvalue weighted by atomic mass is 10.1. The molecule has 0 spiro atoms. The summed E-state index contributed by atoms with van der Waals surface area (Å²) in [6.07, 6.45) is 4.99. The van der Waals surface area contributed by atoms with Gasteiger partial charge in [0.05, 0.1) is 22.5 Å². The normalized spacial score (nSPS) is 28.9. The Kier molecular flexibility index (Phi) is 4.00. The minimum Gasteiger partial charge on any atom is -0.396 e. The lowest BCUT2D eigenvalue weighted by Crippen LogP contribution is -2.35. The number of nitrogens with zero attached hydrogens (tertiary/aromatic N) is 3. The van der Waals surface area contributed by atoms with Crippen LogP contribution in [0, 0.1) is 0 Å². The summed E-state index contributed by atoms with van der Waals surface area (Å²) < 4.78 is 5.97. The number of hydrogen-bond acceptors (Lipinski definition) is 7. The fraction of sp³-hybridized carbons (Fsp3) is 0.692. The van der Waals surface area contributed by atoms with Crippen LogP contribution in [0.4, 0.5) is 11.8 Å². The minimum atomic E-state index is 0.194. The Morgan fingerprint density at radius 2 is 2.30 bits per heavy atom. The topological polar surface area (TPSA) is 84.5 Å². The van der Waals surface area contributed by atoms with E-state index in [1.165, 1.54) is 0 Å². The molecule has 7 heteroatoms. The molecule has 2 aliphatic heterocycles. The van der Waals surface area contributed by atoms with Gasteiger partial charge in [-0.1, -0.05) is 11.8 Å². The molecule has 0 aromatic carbocycles. The van der Waals surface area contributed by atoms with Gasteiger partial charge in [0.25, 0.3) is 0 Å². The number of hydrogen-bond donors (Lipinski definition) is 2. The van der Waals surface area contributed by atoms with Gasteiger partial charge in [-0.15, -0.1) is 0 Å². The lowest BCUT2D eigenvalue weighted by molar-refractivity contribution is 0.0346. The Hall–Kier alpha value is -1.05. The van der Waals surface area contributed by atoms with Crippen molar-refractivity contribution in [2.45, 2.75) is 48.7 Å². The number of fused-ring (bicyclic) bond motifs is 1. The van der Waals surface area contributed by atoms with E-state index in [1.54, 1.807) is 18.0 Å². The molecule has 0 amide bonds. The van der Waals surface area contributed by atoms with Crippen LogP contribution < -0.4 is 10.6 Å². The summed E-state index contributed by atoms with van der Waals surface area (Å²) in [6.45, 7) is 3.17. The first-order valence-electron chi connectivity index (χ1n) is 6.99. The number of rotatable bonds is 4. The summed E-state index contributed by atoms with van der Waals surface area (Å²) in [5.41, 5.74) is 5.69. The summed E-state index contributed by atoms with van der Waals surface area (Å²) in [4.78, 5) is 11.7. The molecule has 0 bridgehead atoms. The molecule has 3 rings (SSSR count). The minimum absolute atomic E-state index is 0.194. The molecular formula is C13H20N4O2S. The van der Waals surface area contributed by atoms with E-state index in [4.69, 9.17) is 15.6 Å². The third-order valence-electron chi connectivity index (χ3n) is 3.81. The van der Waals surface area contributed by atoms with Crippen molar-refractivity contribution < 1.29 is 9.84 Å². The Morgan fingerprint density at radius 3 is 3.10 bits per heavy atom. The maximum absolute atomic E-state index is 8.98. The maximum atomic E-state index is 8.98. The van der Waals surface area contributed by atoms with Crippen molar-refractivity contribution >= 4 is 23.5 Å². The van der Waals surface area contributed by atoms with Crippen LogP contribution in [-0.2, 0) is 4.74 Å². The highest BCUT2D eigenvalue weighted by Crippen LogP contribution is 2.42. The third kappa shape index (κ3) is 2.70. The predicted molar refractivity (Wildman–Crippen MR) is 78.7 cm³/mol. The first-order chi connectivity index (χ1) is 9.67. The molecule has 0 saturated carbocycles. The molecular weight excluding hydrogens is 276 g/mol. The van der Waals surface area contributed by atoms with Gasteiger partial charge in [0.15, 0.2) is 0 Å². The zero-order chi connectivity index (χ0) is 14.1. The smallest absolute Gasteiger partial charge is 0.222 e. The fourth-order valence-corrected chi connectivity index (χ4v) is 3.87. The number of aliphatic hydroxyl groups excluding tert-OH is 1. The summed E-state index contributed by atoms with van der Waals surface area (Å²) >= 11 is 1.75. The van der Waals surface area contributed by atoms with E-state index in [9.17, 15) is 0 Å². The number of thioether (sulfide) groups is 1. The van der Waals surface area contributed by atoms with Crippen LogP contribution in [0.15, 0.2) is 11.1 Å². The van der Waals surface area contributed by atoms with E-state index in [-0.39, 0.29) is 18.8 Å². The van der Waals surface area contributed by atoms with Crippen LogP contribution in [0.5, 0.6) is 0 Å². The molecule has 2 aliphatic rings. The highest BCUT2D eigenvalue weighted by atomic mass is 32.2. The predicted octanol–water partition coefficient (Wildman–Crippen LogP) is 1.25. The highest BCUT2D eigenvalue weighted by molar-refractivity contribution is 8.00. The van der Waals surface area contributed by atoms with Gasteiger partial charge in [0.1, 0.15) is 5.82 Å². The first-order valence-corrected chi connectivity index (χ1v) is 7.87. The van der Waals surface area contributed by atoms with Gasteiger partial charge in [0.2, 0.25) is 5.95 Å². The van der Waals surface area contributed by atoms with Crippen LogP contribution in [0.3, 0.4) is 0 Å². The largest absolute Gasteiger partial charge is 0.396 e. The van der Waals surface area contributed by atoms with Gasteiger partial charge >= 0.3 is 0 Å². The monoisotopic (exact) mass is 296 g/mol. The molecule has 0 aliphatic carbocycles. The zero-order valence-electron chi connectivity index (χ0n) is 11.5. The van der Waals surface area contributed by atoms with Gasteiger partial charge in [0, 0.05) is 19.3 Å². The quantitative estimate of drug-likeness (QED) is 0.865. The van der Waals surface area contributed by atoms with Crippen LogP contribution in [0.2, 0.25) is 0 Å². The number of ether oxygens (including phenoxy) is 1. The van der Waals surface area contributed by atoms with Crippen molar-refractivity contribution in [3.63, 3.8) is 0 Å². The second-order valence-electron chi connectivity index (χ2n) is 5.26. The number of aliphatic hydroxyl groups is 1. The number of nitrogen functional groups attached to an aromatic ring is 1. The Morgan fingerprint density at radius 1 is 1.50 bits per heavy atom. The lowest BCUT2D eigenvalue weighted by Gasteiger charge is -2.26. The fourth-order valence-electron chi connectivity index (χ4n) is 2.81. The summed E-state index contributed by atoms with van der Waals surface area (Å²) in [7, 11) is 0. The molecule has 1 aromatic rings. The average Bonchev–Trinajstić information content (AvgIpc) is 2.97. The SMILES string of the molecule is CC1Sc2cnc(N)nc2N1CC1CC[C@@H](CCO)O1. The molecule has 0 radical (unpaired) electrons. The van der Waals surface area contributed by atoms with Gasteiger partial charge in [-0.3, -0.25) is 0 Å². The zero-order valence-corrected chi connectivity index (χ0v) is 12.3. The van der Waals surface area contributed by atoms with Crippen molar-refractivity contribution in [3.8, 4) is 0 Å². The molecule has 20 heavy (non-hydrogen) atoms. The standard InChI is InChI=1S/C13H20N4O2S/c1-8-17(7-10-3-2-9(19-10)4-5-18)12-11(20-8)6-15-13(14)16-12/h6,8-10,18H,2-5,7H2,1H3,(H2,14,15,16)/t8?,9-,10?/m0/s1. The number of nitrogens with two attached hydrogens (primary N) is 1. The van der Waals surface area contributed by atoms with Crippen LogP contribution in [-0.4, -0.2) is 45.8 Å². The second-order valence-corrected chi connectivity index (χ2v) is 6.61. The first kappa shape index (κ1) is 13.9. The van der Waals surface area contributed by atoms with Crippen molar-refractivity contribution in [1.82, 2.24) is 9.97 Å². The Labute approximate surface area is 122 Å². The van der Waals surface area contributed by atoms with E-state index < -0.39 is 0 Å². The molecule has 1 aromatic heterocycles. The molecule has 3 atom stereocenters. The molecule has 1 fully saturated rings. The van der Waals surface area contributed by atoms with Crippen molar-refractivity contribution in [3.05, 3.63) is 6.20 Å². The number of anilines is 2. The van der Waals surface area contributed by atoms with Gasteiger partial charge in [-0.05, 0) is 26.2 Å². The summed E-state index contributed by atoms with van der Waals surface area (Å²) in [6, 6.07) is 0. The second kappa shape index (κ2) is 5.75. The third-order valence-corrected chi connectivity index (χ3v) is 4.95. The highest BCUT2D eigenvalue weighted by Gasteiger charge is 2.33. The van der Waals surface area contributed by atoms with Gasteiger partial charge in [-0.2, -0.15) is 4.98 Å². The van der Waals surface area contributed by atoms with Crippen LogP contribution in [0.25, 0.3) is 0 Å². The van der Waals surface area contributed by atoms with E-state index in [0.717, 1.165) is 36.5 Å². The van der Waals surface area contributed by atoms with Gasteiger partial charge < -0.3 is 20.5 Å². The van der Waals surface area contributed by atoms with E-state index >= 15 is 0 Å². The van der Waals surface area contributed by atoms with Crippen molar-refractivity contribution in [2.75, 3.05) is 23.8 Å². The molecule has 3 heterocycles. The Bertz CT molecular complexity index is 487. The van der Waals surface area contributed by atoms with E-state index in [2.05, 4.69) is 21.8 Å². The van der Waals surface area contributed by atoms with Gasteiger partial charge in [-0.25, -0.2) is 4.98 Å². The molecule has 6 nitrogen and oxygen atoms in total. The summed E-state index contributed by atoms with van der Waals surface area (Å²) in [5.74, 6) is 1.23. The molecule has 110 valence electrons. The van der Waals surface area contributed by atoms with Crippen LogP contribution >= 0.6 is 11.8 Å². The summed E-state index contributed by atoms with van der Waals surface area (Å²) in [5, 5.41) is 9.30. The Balaban J connectivity index is 1.68. The van der Waals surface area contributed by atoms with Crippen molar-refractivity contribution in [2.24, 2.45) is 0 Å². The number of aromatic nitrogens is 2. The molecule has 1 saturated heterocycles.